The van der Waals surface area contributed by atoms with Gasteiger partial charge in [-0.25, -0.2) is 13.8 Å². The average molecular weight is 394 g/mol. The third-order valence-corrected chi connectivity index (χ3v) is 4.55. The van der Waals surface area contributed by atoms with Crippen LogP contribution in [0.5, 0.6) is 5.75 Å². The average Bonchev–Trinajstić information content (AvgIpc) is 2.58. The molecule has 0 spiro atoms. The molecule has 1 aliphatic heterocycles. The molecule has 0 unspecified atom stereocenters. The van der Waals surface area contributed by atoms with E-state index in [2.05, 4.69) is 25.8 Å². The molecular weight excluding hydrogens is 380 g/mol. The number of rotatable bonds is 3. The molecule has 1 aromatic carbocycles. The maximum Gasteiger partial charge on any atom is 0.167 e. The van der Waals surface area contributed by atoms with Crippen LogP contribution >= 0.6 is 15.9 Å². The number of aromatic nitrogens is 1. The Morgan fingerprint density at radius 3 is 2.62 bits per heavy atom. The SMILES string of the molecule is N#Cc1cc(Br)c(N2CCC(Oc3ccc(F)cc3F)CC2)cn1. The molecule has 4 nitrogen and oxygen atoms in total. The zero-order valence-corrected chi connectivity index (χ0v) is 14.3. The van der Waals surface area contributed by atoms with Gasteiger partial charge in [0.15, 0.2) is 11.6 Å². The van der Waals surface area contributed by atoms with Gasteiger partial charge in [-0.1, -0.05) is 0 Å². The van der Waals surface area contributed by atoms with Crippen LogP contribution in [0.15, 0.2) is 34.9 Å². The van der Waals surface area contributed by atoms with Gasteiger partial charge in [0.05, 0.1) is 11.9 Å². The summed E-state index contributed by atoms with van der Waals surface area (Å²) in [5.74, 6) is -1.22. The Hall–Kier alpha value is -2.20. The first-order valence-electron chi connectivity index (χ1n) is 7.49. The van der Waals surface area contributed by atoms with Gasteiger partial charge in [0.25, 0.3) is 0 Å². The van der Waals surface area contributed by atoms with Crippen LogP contribution < -0.4 is 9.64 Å². The fraction of sp³-hybridized carbons (Fsp3) is 0.294. The number of nitrogens with zero attached hydrogens (tertiary/aromatic N) is 3. The molecule has 1 aliphatic rings. The Balaban J connectivity index is 1.62. The molecule has 0 N–H and O–H groups in total. The van der Waals surface area contributed by atoms with E-state index in [-0.39, 0.29) is 11.9 Å². The minimum atomic E-state index is -0.684. The first-order valence-corrected chi connectivity index (χ1v) is 8.28. The Morgan fingerprint density at radius 1 is 1.25 bits per heavy atom. The van der Waals surface area contributed by atoms with Gasteiger partial charge in [-0.15, -0.1) is 0 Å². The van der Waals surface area contributed by atoms with Crippen molar-refractivity contribution in [1.82, 2.24) is 4.98 Å². The summed E-state index contributed by atoms with van der Waals surface area (Å²) in [7, 11) is 0. The van der Waals surface area contributed by atoms with Gasteiger partial charge in [0.2, 0.25) is 0 Å². The zero-order valence-electron chi connectivity index (χ0n) is 12.7. The topological polar surface area (TPSA) is 49.2 Å². The van der Waals surface area contributed by atoms with E-state index in [1.165, 1.54) is 12.1 Å². The van der Waals surface area contributed by atoms with E-state index in [4.69, 9.17) is 10.00 Å². The number of piperidine rings is 1. The van der Waals surface area contributed by atoms with E-state index >= 15 is 0 Å². The lowest BCUT2D eigenvalue weighted by Crippen LogP contribution is -2.38. The lowest BCUT2D eigenvalue weighted by Gasteiger charge is -2.34. The first-order chi connectivity index (χ1) is 11.6. The molecule has 7 heteroatoms. The molecule has 1 aromatic heterocycles. The second-order valence-corrected chi connectivity index (χ2v) is 6.37. The molecule has 0 saturated carbocycles. The van der Waals surface area contributed by atoms with Crippen LogP contribution in [0.1, 0.15) is 18.5 Å². The van der Waals surface area contributed by atoms with Crippen molar-refractivity contribution in [3.05, 3.63) is 52.3 Å². The predicted octanol–water partition coefficient (Wildman–Crippen LogP) is 4.04. The number of benzene rings is 1. The number of pyridine rings is 1. The Labute approximate surface area is 146 Å². The minimum Gasteiger partial charge on any atom is -0.487 e. The summed E-state index contributed by atoms with van der Waals surface area (Å²) in [5.41, 5.74) is 1.27. The van der Waals surface area contributed by atoms with Crippen molar-refractivity contribution in [2.24, 2.45) is 0 Å². The molecule has 2 aromatic rings. The van der Waals surface area contributed by atoms with Gasteiger partial charge in [0, 0.05) is 36.5 Å². The first kappa shape index (κ1) is 16.7. The lowest BCUT2D eigenvalue weighted by molar-refractivity contribution is 0.163. The molecule has 1 saturated heterocycles. The van der Waals surface area contributed by atoms with Gasteiger partial charge in [-0.05, 0) is 34.1 Å². The Kier molecular flexibility index (Phi) is 4.95. The largest absolute Gasteiger partial charge is 0.487 e. The number of halogens is 3. The third kappa shape index (κ3) is 3.65. The van der Waals surface area contributed by atoms with Crippen LogP contribution in [0, 0.1) is 23.0 Å². The fourth-order valence-electron chi connectivity index (χ4n) is 2.68. The number of anilines is 1. The summed E-state index contributed by atoms with van der Waals surface area (Å²) in [6, 6.07) is 7.01. The molecular formula is C17H14BrF2N3O. The van der Waals surface area contributed by atoms with E-state index < -0.39 is 11.6 Å². The molecule has 0 amide bonds. The van der Waals surface area contributed by atoms with Crippen molar-refractivity contribution < 1.29 is 13.5 Å². The molecule has 3 rings (SSSR count). The fourth-order valence-corrected chi connectivity index (χ4v) is 3.25. The van der Waals surface area contributed by atoms with Crippen molar-refractivity contribution in [3.63, 3.8) is 0 Å². The predicted molar refractivity (Wildman–Crippen MR) is 88.9 cm³/mol. The zero-order chi connectivity index (χ0) is 17.1. The summed E-state index contributed by atoms with van der Waals surface area (Å²) in [6.45, 7) is 1.44. The van der Waals surface area contributed by atoms with Gasteiger partial charge in [-0.2, -0.15) is 5.26 Å². The molecule has 124 valence electrons. The summed E-state index contributed by atoms with van der Waals surface area (Å²) < 4.78 is 33.1. The molecule has 0 atom stereocenters. The van der Waals surface area contributed by atoms with Gasteiger partial charge in [0.1, 0.15) is 23.7 Å². The van der Waals surface area contributed by atoms with Crippen LogP contribution in [0.2, 0.25) is 0 Å². The van der Waals surface area contributed by atoms with Crippen molar-refractivity contribution in [3.8, 4) is 11.8 Å². The van der Waals surface area contributed by atoms with Crippen molar-refractivity contribution in [2.45, 2.75) is 18.9 Å². The van der Waals surface area contributed by atoms with E-state index in [0.29, 0.717) is 18.5 Å². The van der Waals surface area contributed by atoms with Gasteiger partial charge >= 0.3 is 0 Å². The van der Waals surface area contributed by atoms with E-state index in [9.17, 15) is 8.78 Å². The summed E-state index contributed by atoms with van der Waals surface area (Å²) in [6.07, 6.45) is 2.97. The Morgan fingerprint density at radius 2 is 2.00 bits per heavy atom. The van der Waals surface area contributed by atoms with Crippen LogP contribution in [0.3, 0.4) is 0 Å². The minimum absolute atomic E-state index is 0.0797. The second kappa shape index (κ2) is 7.14. The Bertz CT molecular complexity index is 786. The van der Waals surface area contributed by atoms with Gasteiger partial charge < -0.3 is 9.64 Å². The molecule has 0 radical (unpaired) electrons. The number of ether oxygens (including phenoxy) is 1. The van der Waals surface area contributed by atoms with Crippen molar-refractivity contribution in [1.29, 1.82) is 5.26 Å². The number of hydrogen-bond acceptors (Lipinski definition) is 4. The van der Waals surface area contributed by atoms with Crippen molar-refractivity contribution in [2.75, 3.05) is 18.0 Å². The highest BCUT2D eigenvalue weighted by Crippen LogP contribution is 2.30. The highest BCUT2D eigenvalue weighted by molar-refractivity contribution is 9.10. The van der Waals surface area contributed by atoms with Gasteiger partial charge in [-0.3, -0.25) is 0 Å². The van der Waals surface area contributed by atoms with E-state index in [1.807, 2.05) is 6.07 Å². The van der Waals surface area contributed by atoms with Crippen molar-refractivity contribution >= 4 is 21.6 Å². The summed E-state index contributed by atoms with van der Waals surface area (Å²) >= 11 is 3.46. The maximum atomic E-state index is 13.7. The standard InChI is InChI=1S/C17H14BrF2N3O/c18-14-8-12(9-21)22-10-16(14)23-5-3-13(4-6-23)24-17-2-1-11(19)7-15(17)20/h1-2,7-8,10,13H,3-6H2. The van der Waals surface area contributed by atoms with Crippen LogP contribution in [0.25, 0.3) is 0 Å². The lowest BCUT2D eigenvalue weighted by atomic mass is 10.1. The monoisotopic (exact) mass is 393 g/mol. The summed E-state index contributed by atoms with van der Waals surface area (Å²) in [4.78, 5) is 6.23. The van der Waals surface area contributed by atoms with E-state index in [1.54, 1.807) is 12.3 Å². The molecule has 0 aliphatic carbocycles. The second-order valence-electron chi connectivity index (χ2n) is 5.51. The normalized spacial score (nSPS) is 15.2. The van der Waals surface area contributed by atoms with E-state index in [0.717, 1.165) is 29.3 Å². The third-order valence-electron chi connectivity index (χ3n) is 3.92. The highest BCUT2D eigenvalue weighted by atomic mass is 79.9. The summed E-state index contributed by atoms with van der Waals surface area (Å²) in [5, 5.41) is 8.86. The van der Waals surface area contributed by atoms with Crippen LogP contribution in [0.4, 0.5) is 14.5 Å². The number of hydrogen-bond donors (Lipinski definition) is 0. The molecule has 2 heterocycles. The quantitative estimate of drug-likeness (QED) is 0.789. The molecule has 1 fully saturated rings. The molecule has 24 heavy (non-hydrogen) atoms. The maximum absolute atomic E-state index is 13.7. The van der Waals surface area contributed by atoms with Crippen LogP contribution in [-0.2, 0) is 0 Å². The number of nitriles is 1. The van der Waals surface area contributed by atoms with Crippen LogP contribution in [-0.4, -0.2) is 24.2 Å². The smallest absolute Gasteiger partial charge is 0.167 e. The molecule has 0 bridgehead atoms. The highest BCUT2D eigenvalue weighted by Gasteiger charge is 2.23.